The molecular formula is C13H20N2O2S. The smallest absolute Gasteiger partial charge is 0.185 e. The number of benzene rings is 1. The van der Waals surface area contributed by atoms with Crippen molar-refractivity contribution in [2.24, 2.45) is 5.73 Å². The third kappa shape index (κ3) is 1.91. The molecule has 1 aromatic carbocycles. The molecule has 0 bridgehead atoms. The summed E-state index contributed by atoms with van der Waals surface area (Å²) in [6.45, 7) is 6.06. The van der Waals surface area contributed by atoms with Crippen LogP contribution >= 0.6 is 0 Å². The second kappa shape index (κ2) is 4.55. The Hall–Kier alpha value is -1.07. The number of fused-ring (bicyclic) bond motifs is 1. The molecule has 0 fully saturated rings. The zero-order valence-corrected chi connectivity index (χ0v) is 11.8. The van der Waals surface area contributed by atoms with Crippen LogP contribution in [0.5, 0.6) is 0 Å². The first-order chi connectivity index (χ1) is 8.39. The zero-order chi connectivity index (χ0) is 13.5. The van der Waals surface area contributed by atoms with Crippen molar-refractivity contribution in [1.29, 1.82) is 0 Å². The van der Waals surface area contributed by atoms with Gasteiger partial charge in [-0.15, -0.1) is 0 Å². The van der Waals surface area contributed by atoms with Crippen molar-refractivity contribution in [2.45, 2.75) is 43.4 Å². The summed E-state index contributed by atoms with van der Waals surface area (Å²) in [5.41, 5.74) is 8.07. The number of anilines is 1. The average molecular weight is 268 g/mol. The summed E-state index contributed by atoms with van der Waals surface area (Å²) in [5, 5.41) is 2.89. The van der Waals surface area contributed by atoms with Crippen molar-refractivity contribution >= 4 is 15.5 Å². The monoisotopic (exact) mass is 268 g/mol. The van der Waals surface area contributed by atoms with Crippen LogP contribution in [0.15, 0.2) is 17.0 Å². The Morgan fingerprint density at radius 2 is 1.89 bits per heavy atom. The van der Waals surface area contributed by atoms with Crippen molar-refractivity contribution in [3.05, 3.63) is 23.3 Å². The van der Waals surface area contributed by atoms with Crippen LogP contribution in [0, 0.1) is 13.8 Å². The maximum absolute atomic E-state index is 12.7. The third-order valence-corrected chi connectivity index (χ3v) is 6.16. The molecule has 0 radical (unpaired) electrons. The quantitative estimate of drug-likeness (QED) is 0.854. The predicted molar refractivity (Wildman–Crippen MR) is 73.6 cm³/mol. The third-order valence-electron chi connectivity index (χ3n) is 3.63. The Balaban J connectivity index is 2.66. The molecule has 0 saturated carbocycles. The standard InChI is InChI=1S/C13H20N2O2S/c1-8-4-5-9(2)13-12(8)15-10(3)11(6-7-14)18(13,16)17/h4-5,10-11,15H,6-7,14H2,1-3H3. The first-order valence-corrected chi connectivity index (χ1v) is 7.75. The summed E-state index contributed by atoms with van der Waals surface area (Å²) in [5.74, 6) is 0. The molecule has 1 aliphatic heterocycles. The fourth-order valence-corrected chi connectivity index (χ4v) is 5.02. The topological polar surface area (TPSA) is 72.2 Å². The van der Waals surface area contributed by atoms with Crippen molar-refractivity contribution in [1.82, 2.24) is 0 Å². The molecular weight excluding hydrogens is 248 g/mol. The van der Waals surface area contributed by atoms with E-state index >= 15 is 0 Å². The minimum absolute atomic E-state index is 0.105. The average Bonchev–Trinajstić information content (AvgIpc) is 2.28. The molecule has 5 heteroatoms. The maximum Gasteiger partial charge on any atom is 0.185 e. The summed E-state index contributed by atoms with van der Waals surface area (Å²) in [6.07, 6.45) is 0.489. The molecule has 2 unspecified atom stereocenters. The van der Waals surface area contributed by atoms with Gasteiger partial charge in [0.05, 0.1) is 15.8 Å². The highest BCUT2D eigenvalue weighted by Gasteiger charge is 2.39. The predicted octanol–water partition coefficient (Wildman–Crippen LogP) is 1.61. The van der Waals surface area contributed by atoms with Gasteiger partial charge in [-0.3, -0.25) is 0 Å². The number of nitrogens with two attached hydrogens (primary N) is 1. The van der Waals surface area contributed by atoms with E-state index in [0.717, 1.165) is 16.8 Å². The van der Waals surface area contributed by atoms with Crippen LogP contribution in [-0.2, 0) is 9.84 Å². The van der Waals surface area contributed by atoms with Gasteiger partial charge >= 0.3 is 0 Å². The van der Waals surface area contributed by atoms with E-state index < -0.39 is 15.1 Å². The molecule has 3 N–H and O–H groups in total. The van der Waals surface area contributed by atoms with Crippen molar-refractivity contribution in [3.8, 4) is 0 Å². The van der Waals surface area contributed by atoms with Gasteiger partial charge in [0, 0.05) is 6.04 Å². The number of hydrogen-bond acceptors (Lipinski definition) is 4. The van der Waals surface area contributed by atoms with Crippen LogP contribution in [-0.4, -0.2) is 26.3 Å². The summed E-state index contributed by atoms with van der Waals surface area (Å²) in [6, 6.07) is 3.71. The van der Waals surface area contributed by atoms with E-state index in [0.29, 0.717) is 17.9 Å². The van der Waals surface area contributed by atoms with Crippen molar-refractivity contribution in [2.75, 3.05) is 11.9 Å². The van der Waals surface area contributed by atoms with E-state index in [4.69, 9.17) is 5.73 Å². The van der Waals surface area contributed by atoms with Crippen LogP contribution < -0.4 is 11.1 Å². The van der Waals surface area contributed by atoms with Crippen molar-refractivity contribution < 1.29 is 8.42 Å². The lowest BCUT2D eigenvalue weighted by Crippen LogP contribution is -2.43. The van der Waals surface area contributed by atoms with Gasteiger partial charge < -0.3 is 11.1 Å². The maximum atomic E-state index is 12.7. The molecule has 1 aromatic rings. The normalized spacial score (nSPS) is 25.3. The molecule has 100 valence electrons. The Morgan fingerprint density at radius 1 is 1.28 bits per heavy atom. The highest BCUT2D eigenvalue weighted by Crippen LogP contribution is 2.38. The fourth-order valence-electron chi connectivity index (χ4n) is 2.64. The van der Waals surface area contributed by atoms with Crippen molar-refractivity contribution in [3.63, 3.8) is 0 Å². The van der Waals surface area contributed by atoms with Gasteiger partial charge in [-0.1, -0.05) is 12.1 Å². The molecule has 0 amide bonds. The summed E-state index contributed by atoms with van der Waals surface area (Å²) in [4.78, 5) is 0.457. The van der Waals surface area contributed by atoms with Gasteiger partial charge in [-0.05, 0) is 44.9 Å². The molecule has 0 saturated heterocycles. The number of nitrogens with one attached hydrogen (secondary N) is 1. The number of aryl methyl sites for hydroxylation is 2. The highest BCUT2D eigenvalue weighted by atomic mass is 32.2. The molecule has 1 aliphatic rings. The second-order valence-electron chi connectivity index (χ2n) is 5.00. The molecule has 1 heterocycles. The zero-order valence-electron chi connectivity index (χ0n) is 11.0. The highest BCUT2D eigenvalue weighted by molar-refractivity contribution is 7.92. The van der Waals surface area contributed by atoms with Gasteiger partial charge in [0.25, 0.3) is 0 Å². The lowest BCUT2D eigenvalue weighted by molar-refractivity contribution is 0.547. The van der Waals surface area contributed by atoms with E-state index in [9.17, 15) is 8.42 Å². The number of rotatable bonds is 2. The molecule has 2 atom stereocenters. The van der Waals surface area contributed by atoms with Gasteiger partial charge in [0.2, 0.25) is 0 Å². The first-order valence-electron chi connectivity index (χ1n) is 6.20. The van der Waals surface area contributed by atoms with Crippen LogP contribution in [0.3, 0.4) is 0 Å². The van der Waals surface area contributed by atoms with E-state index in [1.807, 2.05) is 32.9 Å². The van der Waals surface area contributed by atoms with E-state index in [2.05, 4.69) is 5.32 Å². The van der Waals surface area contributed by atoms with Crippen LogP contribution in [0.2, 0.25) is 0 Å². The lowest BCUT2D eigenvalue weighted by Gasteiger charge is -2.34. The second-order valence-corrected chi connectivity index (χ2v) is 7.10. The minimum Gasteiger partial charge on any atom is -0.380 e. The SMILES string of the molecule is Cc1ccc(C)c2c1NC(C)C(CCN)S2(=O)=O. The molecule has 4 nitrogen and oxygen atoms in total. The van der Waals surface area contributed by atoms with Crippen LogP contribution in [0.4, 0.5) is 5.69 Å². The summed E-state index contributed by atoms with van der Waals surface area (Å²) < 4.78 is 25.4. The van der Waals surface area contributed by atoms with Crippen LogP contribution in [0.1, 0.15) is 24.5 Å². The van der Waals surface area contributed by atoms with E-state index in [-0.39, 0.29) is 6.04 Å². The lowest BCUT2D eigenvalue weighted by atomic mass is 10.1. The summed E-state index contributed by atoms with van der Waals surface area (Å²) in [7, 11) is -3.29. The Bertz CT molecular complexity index is 567. The minimum atomic E-state index is -3.29. The fraction of sp³-hybridized carbons (Fsp3) is 0.538. The Morgan fingerprint density at radius 3 is 2.50 bits per heavy atom. The van der Waals surface area contributed by atoms with Gasteiger partial charge in [0.1, 0.15) is 0 Å². The molecule has 0 aromatic heterocycles. The van der Waals surface area contributed by atoms with Crippen LogP contribution in [0.25, 0.3) is 0 Å². The molecule has 18 heavy (non-hydrogen) atoms. The molecule has 0 spiro atoms. The first kappa shape index (κ1) is 13.4. The molecule has 2 rings (SSSR count). The Kier molecular flexibility index (Phi) is 3.38. The van der Waals surface area contributed by atoms with E-state index in [1.165, 1.54) is 0 Å². The molecule has 0 aliphatic carbocycles. The van der Waals surface area contributed by atoms with E-state index in [1.54, 1.807) is 0 Å². The Labute approximate surface area is 108 Å². The largest absolute Gasteiger partial charge is 0.380 e. The summed E-state index contributed by atoms with van der Waals surface area (Å²) >= 11 is 0. The van der Waals surface area contributed by atoms with Gasteiger partial charge in [-0.25, -0.2) is 8.42 Å². The number of hydrogen-bond donors (Lipinski definition) is 2. The van der Waals surface area contributed by atoms with Gasteiger partial charge in [-0.2, -0.15) is 0 Å². The van der Waals surface area contributed by atoms with Gasteiger partial charge in [0.15, 0.2) is 9.84 Å². The number of sulfone groups is 1.